The van der Waals surface area contributed by atoms with Crippen molar-refractivity contribution in [1.29, 1.82) is 0 Å². The van der Waals surface area contributed by atoms with Crippen LogP contribution in [0.25, 0.3) is 0 Å². The van der Waals surface area contributed by atoms with Gasteiger partial charge < -0.3 is 5.32 Å². The third-order valence-corrected chi connectivity index (χ3v) is 2.45. The number of carbonyl (C=O) groups is 1. The molecule has 0 aliphatic heterocycles. The number of hydrogen-bond donors (Lipinski definition) is 1. The van der Waals surface area contributed by atoms with Gasteiger partial charge in [0, 0.05) is 25.2 Å². The summed E-state index contributed by atoms with van der Waals surface area (Å²) in [6, 6.07) is 1.80. The maximum Gasteiger partial charge on any atom is 0.271 e. The predicted octanol–water partition coefficient (Wildman–Crippen LogP) is 2.63. The first-order valence-corrected chi connectivity index (χ1v) is 6.01. The summed E-state index contributed by atoms with van der Waals surface area (Å²) in [6.07, 6.45) is 1.74. The van der Waals surface area contributed by atoms with Gasteiger partial charge in [-0.3, -0.25) is 9.48 Å². The monoisotopic (exact) mass is 259 g/mol. The molecule has 1 aromatic heterocycles. The minimum atomic E-state index is -2.68. The van der Waals surface area contributed by atoms with Crippen molar-refractivity contribution < 1.29 is 13.6 Å². The summed E-state index contributed by atoms with van der Waals surface area (Å²) >= 11 is 0. The lowest BCUT2D eigenvalue weighted by atomic mass is 10.2. The fourth-order valence-corrected chi connectivity index (χ4v) is 1.44. The Morgan fingerprint density at radius 1 is 1.56 bits per heavy atom. The van der Waals surface area contributed by atoms with Crippen molar-refractivity contribution in [2.45, 2.75) is 45.6 Å². The highest BCUT2D eigenvalue weighted by molar-refractivity contribution is 5.92. The molecule has 0 saturated carbocycles. The van der Waals surface area contributed by atoms with Gasteiger partial charge in [-0.2, -0.15) is 5.10 Å². The van der Waals surface area contributed by atoms with Crippen LogP contribution < -0.4 is 5.32 Å². The first-order valence-electron chi connectivity index (χ1n) is 6.01. The van der Waals surface area contributed by atoms with Gasteiger partial charge in [0.1, 0.15) is 5.69 Å². The molecule has 18 heavy (non-hydrogen) atoms. The third kappa shape index (κ3) is 4.81. The summed E-state index contributed by atoms with van der Waals surface area (Å²) in [5.41, 5.74) is 0.312. The van der Waals surface area contributed by atoms with Crippen molar-refractivity contribution in [2.24, 2.45) is 0 Å². The largest absolute Gasteiger partial charge is 0.351 e. The summed E-state index contributed by atoms with van der Waals surface area (Å²) < 4.78 is 26.7. The van der Waals surface area contributed by atoms with Crippen molar-refractivity contribution >= 4 is 5.91 Å². The molecule has 1 heterocycles. The topological polar surface area (TPSA) is 46.9 Å². The molecular formula is C12H19F2N3O. The van der Waals surface area contributed by atoms with Crippen LogP contribution in [-0.4, -0.2) is 28.2 Å². The molecular weight excluding hydrogens is 240 g/mol. The van der Waals surface area contributed by atoms with Crippen LogP contribution in [0, 0.1) is 0 Å². The molecule has 0 fully saturated rings. The Kier molecular flexibility index (Phi) is 4.81. The van der Waals surface area contributed by atoms with E-state index in [1.807, 2.05) is 13.8 Å². The van der Waals surface area contributed by atoms with Gasteiger partial charge in [0.2, 0.25) is 5.92 Å². The first kappa shape index (κ1) is 14.6. The summed E-state index contributed by atoms with van der Waals surface area (Å²) in [4.78, 5) is 11.6. The van der Waals surface area contributed by atoms with Crippen LogP contribution in [0.5, 0.6) is 0 Å². The molecule has 0 saturated heterocycles. The summed E-state index contributed by atoms with van der Waals surface area (Å²) in [6.45, 7) is 5.02. The van der Waals surface area contributed by atoms with Crippen LogP contribution in [0.2, 0.25) is 0 Å². The van der Waals surface area contributed by atoms with E-state index < -0.39 is 5.92 Å². The zero-order chi connectivity index (χ0) is 13.8. The second-order valence-corrected chi connectivity index (χ2v) is 4.70. The molecule has 1 aromatic rings. The summed E-state index contributed by atoms with van der Waals surface area (Å²) in [5, 5.41) is 6.67. The Bertz CT molecular complexity index is 396. The molecule has 1 N–H and O–H groups in total. The Morgan fingerprint density at radius 3 is 2.72 bits per heavy atom. The highest BCUT2D eigenvalue weighted by Gasteiger charge is 2.20. The summed E-state index contributed by atoms with van der Waals surface area (Å²) in [7, 11) is 0. The highest BCUT2D eigenvalue weighted by Crippen LogP contribution is 2.17. The van der Waals surface area contributed by atoms with Crippen molar-refractivity contribution in [3.05, 3.63) is 18.0 Å². The minimum absolute atomic E-state index is 0.185. The molecule has 6 heteroatoms. The molecule has 1 amide bonds. The van der Waals surface area contributed by atoms with Gasteiger partial charge >= 0.3 is 0 Å². The van der Waals surface area contributed by atoms with E-state index in [0.29, 0.717) is 5.69 Å². The molecule has 1 rings (SSSR count). The molecule has 0 aliphatic carbocycles. The van der Waals surface area contributed by atoms with E-state index in [9.17, 15) is 13.6 Å². The second-order valence-electron chi connectivity index (χ2n) is 4.70. The number of halogens is 2. The quantitative estimate of drug-likeness (QED) is 0.798. The lowest BCUT2D eigenvalue weighted by molar-refractivity contribution is 0.0110. The maximum absolute atomic E-state index is 12.5. The fourth-order valence-electron chi connectivity index (χ4n) is 1.44. The highest BCUT2D eigenvalue weighted by atomic mass is 19.3. The van der Waals surface area contributed by atoms with Gasteiger partial charge in [-0.25, -0.2) is 8.78 Å². The van der Waals surface area contributed by atoms with Crippen LogP contribution in [0.3, 0.4) is 0 Å². The number of nitrogens with zero attached hydrogens (tertiary/aromatic N) is 2. The molecule has 0 aromatic carbocycles. The molecule has 0 atom stereocenters. The van der Waals surface area contributed by atoms with Crippen LogP contribution in [-0.2, 0) is 0 Å². The van der Waals surface area contributed by atoms with E-state index >= 15 is 0 Å². The number of rotatable bonds is 6. The molecule has 102 valence electrons. The molecule has 0 unspecified atom stereocenters. The maximum atomic E-state index is 12.5. The Balaban J connectivity index is 2.36. The van der Waals surface area contributed by atoms with E-state index in [2.05, 4.69) is 10.4 Å². The number of amides is 1. The smallest absolute Gasteiger partial charge is 0.271 e. The van der Waals surface area contributed by atoms with E-state index in [1.165, 1.54) is 0 Å². The minimum Gasteiger partial charge on any atom is -0.351 e. The molecule has 0 radical (unpaired) electrons. The average Bonchev–Trinajstić information content (AvgIpc) is 2.72. The standard InChI is InChI=1S/C12H19F2N3O/c1-9(2)17-8-5-10(16-17)11(18)15-7-4-6-12(3,13)14/h5,8-9H,4,6-7H2,1-3H3,(H,15,18). The van der Waals surface area contributed by atoms with E-state index in [4.69, 9.17) is 0 Å². The van der Waals surface area contributed by atoms with Crippen LogP contribution in [0.4, 0.5) is 8.78 Å². The predicted molar refractivity (Wildman–Crippen MR) is 64.8 cm³/mol. The van der Waals surface area contributed by atoms with Gasteiger partial charge in [-0.15, -0.1) is 0 Å². The van der Waals surface area contributed by atoms with Gasteiger partial charge in [-0.1, -0.05) is 0 Å². The van der Waals surface area contributed by atoms with Gasteiger partial charge in [0.25, 0.3) is 5.91 Å². The number of alkyl halides is 2. The molecule has 4 nitrogen and oxygen atoms in total. The molecule has 0 aliphatic rings. The molecule has 0 bridgehead atoms. The lowest BCUT2D eigenvalue weighted by Crippen LogP contribution is -2.26. The van der Waals surface area contributed by atoms with E-state index in [0.717, 1.165) is 6.92 Å². The van der Waals surface area contributed by atoms with E-state index in [1.54, 1.807) is 16.9 Å². The van der Waals surface area contributed by atoms with Crippen molar-refractivity contribution in [2.75, 3.05) is 6.54 Å². The van der Waals surface area contributed by atoms with Gasteiger partial charge in [0.05, 0.1) is 0 Å². The normalized spacial score (nSPS) is 11.9. The van der Waals surface area contributed by atoms with Crippen molar-refractivity contribution in [3.8, 4) is 0 Å². The van der Waals surface area contributed by atoms with Crippen LogP contribution >= 0.6 is 0 Å². The third-order valence-electron chi connectivity index (χ3n) is 2.45. The zero-order valence-corrected chi connectivity index (χ0v) is 10.9. The number of aromatic nitrogens is 2. The number of carbonyl (C=O) groups excluding carboxylic acids is 1. The fraction of sp³-hybridized carbons (Fsp3) is 0.667. The zero-order valence-electron chi connectivity index (χ0n) is 10.9. The van der Waals surface area contributed by atoms with Gasteiger partial charge in [-0.05, 0) is 33.3 Å². The second kappa shape index (κ2) is 5.93. The van der Waals surface area contributed by atoms with Crippen molar-refractivity contribution in [1.82, 2.24) is 15.1 Å². The lowest BCUT2D eigenvalue weighted by Gasteiger charge is -2.09. The Morgan fingerprint density at radius 2 is 2.22 bits per heavy atom. The molecule has 0 spiro atoms. The number of hydrogen-bond acceptors (Lipinski definition) is 2. The van der Waals surface area contributed by atoms with Gasteiger partial charge in [0.15, 0.2) is 0 Å². The van der Waals surface area contributed by atoms with Crippen molar-refractivity contribution in [3.63, 3.8) is 0 Å². The first-order chi connectivity index (χ1) is 8.29. The van der Waals surface area contributed by atoms with E-state index in [-0.39, 0.29) is 31.3 Å². The Hall–Kier alpha value is -1.46. The number of nitrogens with one attached hydrogen (secondary N) is 1. The Labute approximate surface area is 105 Å². The average molecular weight is 259 g/mol. The summed E-state index contributed by atoms with van der Waals surface area (Å²) in [5.74, 6) is -3.00. The van der Waals surface area contributed by atoms with Crippen LogP contribution in [0.1, 0.15) is 50.1 Å². The SMILES string of the molecule is CC(C)n1ccc(C(=O)NCCCC(C)(F)F)n1. The van der Waals surface area contributed by atoms with Crippen LogP contribution in [0.15, 0.2) is 12.3 Å².